The third-order valence-corrected chi connectivity index (χ3v) is 4.71. The second-order valence-electron chi connectivity index (χ2n) is 6.62. The second kappa shape index (κ2) is 11.2. The maximum atomic E-state index is 11.9. The minimum absolute atomic E-state index is 0.143. The van der Waals surface area contributed by atoms with Crippen LogP contribution in [0.3, 0.4) is 0 Å². The fraction of sp³-hybridized carbons (Fsp3) is 0.364. The lowest BCUT2D eigenvalue weighted by molar-refractivity contribution is -0.147. The molecule has 0 saturated carbocycles. The summed E-state index contributed by atoms with van der Waals surface area (Å²) in [5.74, 6) is -1.55. The minimum atomic E-state index is -1.41. The summed E-state index contributed by atoms with van der Waals surface area (Å²) >= 11 is 0. The lowest BCUT2D eigenvalue weighted by atomic mass is 9.86. The molecule has 2 aromatic carbocycles. The number of nitrogens with one attached hydrogen (secondary N) is 1. The van der Waals surface area contributed by atoms with Crippen LogP contribution in [0.15, 0.2) is 60.7 Å². The Labute approximate surface area is 165 Å². The average molecular weight is 385 g/mol. The van der Waals surface area contributed by atoms with Crippen LogP contribution in [-0.2, 0) is 14.3 Å². The first-order valence-electron chi connectivity index (χ1n) is 9.36. The van der Waals surface area contributed by atoms with E-state index in [4.69, 9.17) is 14.9 Å². The van der Waals surface area contributed by atoms with Crippen molar-refractivity contribution in [2.75, 3.05) is 13.7 Å². The van der Waals surface area contributed by atoms with E-state index in [-0.39, 0.29) is 17.9 Å². The van der Waals surface area contributed by atoms with Gasteiger partial charge in [0.2, 0.25) is 0 Å². The van der Waals surface area contributed by atoms with E-state index in [9.17, 15) is 9.59 Å². The number of aliphatic hydroxyl groups is 1. The SMILES string of the molecule is COC(=O)C(c1ccccc1)C1CCCCN1.O=C(O)C(O)c1ccccc1. The van der Waals surface area contributed by atoms with Gasteiger partial charge in [-0.25, -0.2) is 4.79 Å². The number of esters is 1. The number of hydrogen-bond donors (Lipinski definition) is 3. The van der Waals surface area contributed by atoms with Gasteiger partial charge in [-0.1, -0.05) is 67.1 Å². The highest BCUT2D eigenvalue weighted by atomic mass is 16.5. The maximum absolute atomic E-state index is 11.9. The number of aliphatic hydroxyl groups excluding tert-OH is 1. The Bertz CT molecular complexity index is 729. The highest BCUT2D eigenvalue weighted by Crippen LogP contribution is 2.26. The Kier molecular flexibility index (Phi) is 8.65. The van der Waals surface area contributed by atoms with Crippen LogP contribution in [0.5, 0.6) is 0 Å². The molecule has 150 valence electrons. The number of carboxylic acid groups (broad SMARTS) is 1. The topological polar surface area (TPSA) is 95.9 Å². The number of piperidine rings is 1. The molecule has 0 aromatic heterocycles. The highest BCUT2D eigenvalue weighted by Gasteiger charge is 2.31. The molecule has 6 heteroatoms. The Balaban J connectivity index is 0.000000221. The fourth-order valence-electron chi connectivity index (χ4n) is 3.26. The van der Waals surface area contributed by atoms with Crippen LogP contribution >= 0.6 is 0 Å². The van der Waals surface area contributed by atoms with Gasteiger partial charge in [0.15, 0.2) is 6.10 Å². The predicted octanol–water partition coefficient (Wildman–Crippen LogP) is 2.89. The van der Waals surface area contributed by atoms with E-state index in [2.05, 4.69) is 5.32 Å². The summed E-state index contributed by atoms with van der Waals surface area (Å²) in [5, 5.41) is 20.8. The van der Waals surface area contributed by atoms with Gasteiger partial charge in [-0.3, -0.25) is 4.79 Å². The van der Waals surface area contributed by atoms with Crippen LogP contribution in [-0.4, -0.2) is 41.8 Å². The average Bonchev–Trinajstić information content (AvgIpc) is 2.76. The Morgan fingerprint density at radius 1 is 1.00 bits per heavy atom. The zero-order valence-electron chi connectivity index (χ0n) is 16.0. The first-order valence-corrected chi connectivity index (χ1v) is 9.36. The summed E-state index contributed by atoms with van der Waals surface area (Å²) in [7, 11) is 1.46. The smallest absolute Gasteiger partial charge is 0.337 e. The first kappa shape index (κ1) is 21.6. The monoisotopic (exact) mass is 385 g/mol. The predicted molar refractivity (Wildman–Crippen MR) is 106 cm³/mol. The molecule has 2 aromatic rings. The molecule has 1 aliphatic rings. The van der Waals surface area contributed by atoms with Gasteiger partial charge in [-0.05, 0) is 30.5 Å². The van der Waals surface area contributed by atoms with Gasteiger partial charge >= 0.3 is 11.9 Å². The van der Waals surface area contributed by atoms with E-state index in [1.165, 1.54) is 20.0 Å². The summed E-state index contributed by atoms with van der Waals surface area (Å²) in [5.41, 5.74) is 1.44. The Hall–Kier alpha value is -2.70. The third kappa shape index (κ3) is 6.18. The normalized spacial score (nSPS) is 18.1. The van der Waals surface area contributed by atoms with Crippen molar-refractivity contribution in [3.05, 3.63) is 71.8 Å². The number of aliphatic carboxylic acids is 1. The number of rotatable bonds is 5. The molecule has 1 aliphatic heterocycles. The molecule has 3 N–H and O–H groups in total. The van der Waals surface area contributed by atoms with Crippen LogP contribution < -0.4 is 5.32 Å². The molecule has 0 aliphatic carbocycles. The minimum Gasteiger partial charge on any atom is -0.479 e. The van der Waals surface area contributed by atoms with Gasteiger partial charge in [0, 0.05) is 6.04 Å². The van der Waals surface area contributed by atoms with Crippen LogP contribution in [0.25, 0.3) is 0 Å². The number of hydrogen-bond acceptors (Lipinski definition) is 5. The summed E-state index contributed by atoms with van der Waals surface area (Å²) in [4.78, 5) is 22.2. The van der Waals surface area contributed by atoms with Gasteiger partial charge in [0.05, 0.1) is 13.0 Å². The lowest BCUT2D eigenvalue weighted by Gasteiger charge is -2.29. The van der Waals surface area contributed by atoms with E-state index in [0.29, 0.717) is 5.56 Å². The molecule has 0 amide bonds. The Morgan fingerprint density at radius 3 is 2.04 bits per heavy atom. The Morgan fingerprint density at radius 2 is 1.57 bits per heavy atom. The molecule has 6 nitrogen and oxygen atoms in total. The molecular formula is C22H27NO5. The largest absolute Gasteiger partial charge is 0.479 e. The summed E-state index contributed by atoms with van der Waals surface area (Å²) in [6.45, 7) is 0.991. The highest BCUT2D eigenvalue weighted by molar-refractivity contribution is 5.79. The van der Waals surface area contributed by atoms with E-state index >= 15 is 0 Å². The van der Waals surface area contributed by atoms with Crippen LogP contribution in [0.2, 0.25) is 0 Å². The summed E-state index contributed by atoms with van der Waals surface area (Å²) < 4.78 is 4.94. The van der Waals surface area contributed by atoms with E-state index in [1.807, 2.05) is 30.3 Å². The molecule has 1 fully saturated rings. The molecule has 3 rings (SSSR count). The number of ether oxygens (including phenoxy) is 1. The van der Waals surface area contributed by atoms with Crippen molar-refractivity contribution < 1.29 is 24.5 Å². The lowest BCUT2D eigenvalue weighted by Crippen LogP contribution is -2.42. The quantitative estimate of drug-likeness (QED) is 0.685. The molecular weight excluding hydrogens is 358 g/mol. The van der Waals surface area contributed by atoms with E-state index in [1.54, 1.807) is 30.3 Å². The molecule has 1 heterocycles. The van der Waals surface area contributed by atoms with Gasteiger partial charge in [-0.2, -0.15) is 0 Å². The summed E-state index contributed by atoms with van der Waals surface area (Å²) in [6.07, 6.45) is 2.00. The van der Waals surface area contributed by atoms with Crippen molar-refractivity contribution in [2.24, 2.45) is 0 Å². The van der Waals surface area contributed by atoms with Crippen LogP contribution in [0.1, 0.15) is 42.4 Å². The molecule has 3 unspecified atom stereocenters. The van der Waals surface area contributed by atoms with Crippen LogP contribution in [0.4, 0.5) is 0 Å². The van der Waals surface area contributed by atoms with E-state index < -0.39 is 12.1 Å². The molecule has 28 heavy (non-hydrogen) atoms. The van der Waals surface area contributed by atoms with Gasteiger partial charge < -0.3 is 20.3 Å². The zero-order chi connectivity index (χ0) is 20.4. The van der Waals surface area contributed by atoms with Crippen molar-refractivity contribution in [2.45, 2.75) is 37.3 Å². The van der Waals surface area contributed by atoms with Crippen molar-refractivity contribution in [3.8, 4) is 0 Å². The first-order chi connectivity index (χ1) is 13.5. The van der Waals surface area contributed by atoms with Crippen molar-refractivity contribution in [1.29, 1.82) is 0 Å². The maximum Gasteiger partial charge on any atom is 0.337 e. The molecule has 0 bridgehead atoms. The molecule has 0 radical (unpaired) electrons. The second-order valence-corrected chi connectivity index (χ2v) is 6.62. The zero-order valence-corrected chi connectivity index (χ0v) is 16.0. The number of benzene rings is 2. The van der Waals surface area contributed by atoms with Crippen molar-refractivity contribution in [1.82, 2.24) is 5.32 Å². The summed E-state index contributed by atoms with van der Waals surface area (Å²) in [6, 6.07) is 18.4. The number of carbonyl (C=O) groups excluding carboxylic acids is 1. The number of methoxy groups -OCH3 is 1. The van der Waals surface area contributed by atoms with Gasteiger partial charge in [0.25, 0.3) is 0 Å². The van der Waals surface area contributed by atoms with Crippen molar-refractivity contribution in [3.63, 3.8) is 0 Å². The van der Waals surface area contributed by atoms with Gasteiger partial charge in [-0.15, -0.1) is 0 Å². The standard InChI is InChI=1S/C14H19NO2.C8H8O3/c1-17-14(16)13(11-7-3-2-4-8-11)12-9-5-6-10-15-12;9-7(8(10)11)6-4-2-1-3-5-6/h2-4,7-8,12-13,15H,5-6,9-10H2,1H3;1-5,7,9H,(H,10,11). The molecule has 1 saturated heterocycles. The van der Waals surface area contributed by atoms with Crippen LogP contribution in [0, 0.1) is 0 Å². The number of carbonyl (C=O) groups is 2. The van der Waals surface area contributed by atoms with E-state index in [0.717, 1.165) is 18.5 Å². The number of carboxylic acids is 1. The van der Waals surface area contributed by atoms with Crippen molar-refractivity contribution >= 4 is 11.9 Å². The van der Waals surface area contributed by atoms with Gasteiger partial charge in [0.1, 0.15) is 0 Å². The third-order valence-electron chi connectivity index (χ3n) is 4.71. The molecule has 0 spiro atoms. The fourth-order valence-corrected chi connectivity index (χ4v) is 3.26. The molecule has 3 atom stereocenters.